The van der Waals surface area contributed by atoms with Crippen LogP contribution >= 0.6 is 0 Å². The minimum atomic E-state index is -0.361. The summed E-state index contributed by atoms with van der Waals surface area (Å²) < 4.78 is 13.4. The van der Waals surface area contributed by atoms with E-state index >= 15 is 0 Å². The number of hydrogen-bond donors (Lipinski definition) is 1. The Labute approximate surface area is 112 Å². The third-order valence-electron chi connectivity index (χ3n) is 2.96. The molecule has 3 nitrogen and oxygen atoms in total. The minimum absolute atomic E-state index is 0.228. The molecule has 0 fully saturated rings. The van der Waals surface area contributed by atoms with Crippen LogP contribution < -0.4 is 5.73 Å². The summed E-state index contributed by atoms with van der Waals surface area (Å²) in [6.45, 7) is 3.27. The topological polar surface area (TPSA) is 42.1 Å². The number of nitrogens with zero attached hydrogens (tertiary/aromatic N) is 2. The molecule has 19 heavy (non-hydrogen) atoms. The maximum atomic E-state index is 13.4. The van der Waals surface area contributed by atoms with Crippen molar-refractivity contribution in [2.75, 3.05) is 12.8 Å². The van der Waals surface area contributed by atoms with E-state index in [1.54, 1.807) is 6.07 Å². The molecule has 0 aliphatic heterocycles. The number of anilines is 1. The zero-order valence-corrected chi connectivity index (χ0v) is 11.2. The molecule has 0 atom stereocenters. The van der Waals surface area contributed by atoms with Crippen LogP contribution in [0.25, 0.3) is 0 Å². The molecule has 0 saturated heterocycles. The number of aryl methyl sites for hydroxylation is 1. The van der Waals surface area contributed by atoms with Crippen LogP contribution in [0.15, 0.2) is 36.4 Å². The zero-order chi connectivity index (χ0) is 13.8. The second-order valence-corrected chi connectivity index (χ2v) is 4.76. The highest BCUT2D eigenvalue weighted by Crippen LogP contribution is 2.17. The summed E-state index contributed by atoms with van der Waals surface area (Å²) in [6.07, 6.45) is 0. The summed E-state index contributed by atoms with van der Waals surface area (Å²) in [5.41, 5.74) is 8.75. The third-order valence-corrected chi connectivity index (χ3v) is 2.96. The average molecular weight is 259 g/mol. The Hall–Kier alpha value is -1.94. The Bertz CT molecular complexity index is 569. The smallest absolute Gasteiger partial charge is 0.146 e. The number of benzene rings is 1. The summed E-state index contributed by atoms with van der Waals surface area (Å²) in [5, 5.41) is 0. The molecular weight excluding hydrogens is 241 g/mol. The summed E-state index contributed by atoms with van der Waals surface area (Å²) in [6, 6.07) is 10.8. The highest BCUT2D eigenvalue weighted by molar-refractivity contribution is 5.47. The molecule has 0 amide bonds. The lowest BCUT2D eigenvalue weighted by atomic mass is 10.1. The van der Waals surface area contributed by atoms with E-state index in [1.165, 1.54) is 6.07 Å². The summed E-state index contributed by atoms with van der Waals surface area (Å²) in [7, 11) is 1.97. The van der Waals surface area contributed by atoms with Crippen LogP contribution in [0.2, 0.25) is 0 Å². The molecule has 4 heteroatoms. The number of hydrogen-bond acceptors (Lipinski definition) is 3. The van der Waals surface area contributed by atoms with Crippen molar-refractivity contribution < 1.29 is 4.39 Å². The van der Waals surface area contributed by atoms with E-state index in [0.717, 1.165) is 17.0 Å². The maximum Gasteiger partial charge on any atom is 0.146 e. The van der Waals surface area contributed by atoms with E-state index in [4.69, 9.17) is 5.73 Å². The van der Waals surface area contributed by atoms with Crippen LogP contribution in [0.1, 0.15) is 17.0 Å². The Kier molecular flexibility index (Phi) is 4.12. The Morgan fingerprint density at radius 3 is 2.63 bits per heavy atom. The SMILES string of the molecule is Cc1cccc(CN(C)Cc2cccc(F)c2N)n1. The fourth-order valence-electron chi connectivity index (χ4n) is 2.03. The molecule has 0 aliphatic carbocycles. The van der Waals surface area contributed by atoms with Crippen molar-refractivity contribution >= 4 is 5.69 Å². The van der Waals surface area contributed by atoms with E-state index < -0.39 is 0 Å². The molecular formula is C15H18FN3. The van der Waals surface area contributed by atoms with E-state index in [0.29, 0.717) is 13.1 Å². The molecule has 2 N–H and O–H groups in total. The van der Waals surface area contributed by atoms with Crippen molar-refractivity contribution in [1.29, 1.82) is 0 Å². The lowest BCUT2D eigenvalue weighted by Gasteiger charge is -2.17. The van der Waals surface area contributed by atoms with Crippen LogP contribution in [0.4, 0.5) is 10.1 Å². The Morgan fingerprint density at radius 1 is 1.16 bits per heavy atom. The molecule has 100 valence electrons. The van der Waals surface area contributed by atoms with E-state index in [2.05, 4.69) is 9.88 Å². The fourth-order valence-corrected chi connectivity index (χ4v) is 2.03. The molecule has 0 aliphatic rings. The molecule has 2 rings (SSSR count). The largest absolute Gasteiger partial charge is 0.396 e. The third kappa shape index (κ3) is 3.51. The van der Waals surface area contributed by atoms with Crippen molar-refractivity contribution in [3.05, 3.63) is 59.2 Å². The van der Waals surface area contributed by atoms with E-state index in [1.807, 2.05) is 38.2 Å². The van der Waals surface area contributed by atoms with Gasteiger partial charge >= 0.3 is 0 Å². The van der Waals surface area contributed by atoms with E-state index in [-0.39, 0.29) is 11.5 Å². The predicted octanol–water partition coefficient (Wildman–Crippen LogP) is 2.74. The lowest BCUT2D eigenvalue weighted by molar-refractivity contribution is 0.315. The molecule has 0 spiro atoms. The van der Waals surface area contributed by atoms with Gasteiger partial charge in [0, 0.05) is 18.8 Å². The van der Waals surface area contributed by atoms with Gasteiger partial charge < -0.3 is 5.73 Å². The van der Waals surface area contributed by atoms with E-state index in [9.17, 15) is 4.39 Å². The highest BCUT2D eigenvalue weighted by Gasteiger charge is 2.08. The normalized spacial score (nSPS) is 10.9. The van der Waals surface area contributed by atoms with Gasteiger partial charge in [0.15, 0.2) is 0 Å². The van der Waals surface area contributed by atoms with Gasteiger partial charge in [-0.3, -0.25) is 9.88 Å². The Morgan fingerprint density at radius 2 is 1.89 bits per heavy atom. The molecule has 1 aromatic heterocycles. The molecule has 0 saturated carbocycles. The monoisotopic (exact) mass is 259 g/mol. The molecule has 1 aromatic carbocycles. The first-order valence-electron chi connectivity index (χ1n) is 6.20. The van der Waals surface area contributed by atoms with Gasteiger partial charge in [-0.1, -0.05) is 18.2 Å². The van der Waals surface area contributed by atoms with Gasteiger partial charge in [0.2, 0.25) is 0 Å². The molecule has 2 aromatic rings. The average Bonchev–Trinajstić information content (AvgIpc) is 2.35. The quantitative estimate of drug-likeness (QED) is 0.858. The van der Waals surface area contributed by atoms with Gasteiger partial charge in [-0.25, -0.2) is 4.39 Å². The summed E-state index contributed by atoms with van der Waals surface area (Å²) in [5.74, 6) is -0.361. The van der Waals surface area contributed by atoms with Gasteiger partial charge in [0.05, 0.1) is 11.4 Å². The molecule has 0 unspecified atom stereocenters. The van der Waals surface area contributed by atoms with Crippen molar-refractivity contribution in [3.8, 4) is 0 Å². The number of halogens is 1. The predicted molar refractivity (Wildman–Crippen MR) is 75.0 cm³/mol. The number of para-hydroxylation sites is 1. The lowest BCUT2D eigenvalue weighted by Crippen LogP contribution is -2.19. The van der Waals surface area contributed by atoms with Gasteiger partial charge in [-0.2, -0.15) is 0 Å². The van der Waals surface area contributed by atoms with Crippen molar-refractivity contribution in [3.63, 3.8) is 0 Å². The first kappa shape index (κ1) is 13.5. The zero-order valence-electron chi connectivity index (χ0n) is 11.2. The van der Waals surface area contributed by atoms with Crippen molar-refractivity contribution in [2.45, 2.75) is 20.0 Å². The first-order valence-corrected chi connectivity index (χ1v) is 6.20. The van der Waals surface area contributed by atoms with Crippen molar-refractivity contribution in [2.24, 2.45) is 0 Å². The number of aromatic nitrogens is 1. The Balaban J connectivity index is 2.05. The minimum Gasteiger partial charge on any atom is -0.396 e. The molecule has 1 heterocycles. The first-order chi connectivity index (χ1) is 9.06. The molecule has 0 bridgehead atoms. The van der Waals surface area contributed by atoms with Crippen LogP contribution in [-0.4, -0.2) is 16.9 Å². The number of nitrogens with two attached hydrogens (primary N) is 1. The maximum absolute atomic E-state index is 13.4. The summed E-state index contributed by atoms with van der Waals surface area (Å²) >= 11 is 0. The molecule has 0 radical (unpaired) electrons. The second-order valence-electron chi connectivity index (χ2n) is 4.76. The standard InChI is InChI=1S/C15H18FN3/c1-11-5-3-7-13(18-11)10-19(2)9-12-6-4-8-14(16)15(12)17/h3-8H,9-10,17H2,1-2H3. The number of nitrogen functional groups attached to an aromatic ring is 1. The van der Waals surface area contributed by atoms with Gasteiger partial charge in [-0.05, 0) is 37.7 Å². The van der Waals surface area contributed by atoms with Gasteiger partial charge in [0.1, 0.15) is 5.82 Å². The van der Waals surface area contributed by atoms with Crippen LogP contribution in [0.3, 0.4) is 0 Å². The number of pyridine rings is 1. The van der Waals surface area contributed by atoms with Crippen LogP contribution in [0.5, 0.6) is 0 Å². The van der Waals surface area contributed by atoms with Crippen LogP contribution in [0, 0.1) is 12.7 Å². The highest BCUT2D eigenvalue weighted by atomic mass is 19.1. The number of rotatable bonds is 4. The fraction of sp³-hybridized carbons (Fsp3) is 0.267. The van der Waals surface area contributed by atoms with Crippen molar-refractivity contribution in [1.82, 2.24) is 9.88 Å². The second kappa shape index (κ2) is 5.80. The van der Waals surface area contributed by atoms with Crippen LogP contribution in [-0.2, 0) is 13.1 Å². The summed E-state index contributed by atoms with van der Waals surface area (Å²) in [4.78, 5) is 6.51. The van der Waals surface area contributed by atoms with Gasteiger partial charge in [0.25, 0.3) is 0 Å². The van der Waals surface area contributed by atoms with Gasteiger partial charge in [-0.15, -0.1) is 0 Å².